The first-order valence-electron chi connectivity index (χ1n) is 10.4. The predicted octanol–water partition coefficient (Wildman–Crippen LogP) is 3.61. The van der Waals surface area contributed by atoms with E-state index in [1.165, 1.54) is 12.1 Å². The van der Waals surface area contributed by atoms with Crippen molar-refractivity contribution in [2.75, 3.05) is 0 Å². The summed E-state index contributed by atoms with van der Waals surface area (Å²) in [5.41, 5.74) is -1.61. The highest BCUT2D eigenvalue weighted by Crippen LogP contribution is 2.34. The number of aromatic hydroxyl groups is 1. The van der Waals surface area contributed by atoms with Gasteiger partial charge in [-0.25, -0.2) is 14.6 Å². The molecule has 1 N–H and O–H groups in total. The Balaban J connectivity index is 1.70. The minimum Gasteiger partial charge on any atom is -0.494 e. The lowest BCUT2D eigenvalue weighted by atomic mass is 10.00. The van der Waals surface area contributed by atoms with Crippen LogP contribution in [0.4, 0.5) is 13.2 Å². The van der Waals surface area contributed by atoms with Gasteiger partial charge in [0.1, 0.15) is 0 Å². The summed E-state index contributed by atoms with van der Waals surface area (Å²) in [7, 11) is 0. The van der Waals surface area contributed by atoms with Crippen molar-refractivity contribution in [3.8, 4) is 11.6 Å². The number of pyridine rings is 1. The highest BCUT2D eigenvalue weighted by atomic mass is 19.4. The number of hydrogen-bond acceptors (Lipinski definition) is 4. The molecule has 34 heavy (non-hydrogen) atoms. The Kier molecular flexibility index (Phi) is 4.16. The average Bonchev–Trinajstić information content (AvgIpc) is 3.26. The summed E-state index contributed by atoms with van der Waals surface area (Å²) in [4.78, 5) is 22.6. The second-order valence-electron chi connectivity index (χ2n) is 7.94. The van der Waals surface area contributed by atoms with Crippen molar-refractivity contribution < 1.29 is 18.3 Å². The van der Waals surface area contributed by atoms with Gasteiger partial charge in [0.05, 0.1) is 22.0 Å². The van der Waals surface area contributed by atoms with Crippen molar-refractivity contribution in [2.24, 2.45) is 9.98 Å². The number of hydrogen-bond donors (Lipinski definition) is 1. The molecule has 1 aliphatic heterocycles. The van der Waals surface area contributed by atoms with Gasteiger partial charge < -0.3 is 5.11 Å². The molecule has 8 heteroatoms. The van der Waals surface area contributed by atoms with E-state index in [-0.39, 0.29) is 11.1 Å². The van der Waals surface area contributed by atoms with Gasteiger partial charge >= 0.3 is 6.18 Å². The van der Waals surface area contributed by atoms with E-state index in [2.05, 4.69) is 9.98 Å². The number of aromatic nitrogens is 1. The first-order valence-corrected chi connectivity index (χ1v) is 10.4. The Morgan fingerprint density at radius 1 is 0.765 bits per heavy atom. The van der Waals surface area contributed by atoms with Crippen LogP contribution in [0.5, 0.6) is 5.88 Å². The Hall–Kier alpha value is -4.46. The molecule has 0 amide bonds. The Bertz CT molecular complexity index is 1850. The number of para-hydroxylation sites is 2. The number of alkyl halides is 3. The maximum Gasteiger partial charge on any atom is 0.416 e. The van der Waals surface area contributed by atoms with Crippen LogP contribution in [-0.4, -0.2) is 9.67 Å². The summed E-state index contributed by atoms with van der Waals surface area (Å²) in [6.45, 7) is 0. The van der Waals surface area contributed by atoms with E-state index in [1.54, 1.807) is 30.3 Å². The van der Waals surface area contributed by atoms with Crippen LogP contribution in [-0.2, 0) is 6.18 Å². The lowest BCUT2D eigenvalue weighted by Crippen LogP contribution is -2.21. The molecule has 6 rings (SSSR count). The Labute approximate surface area is 189 Å². The highest BCUT2D eigenvalue weighted by molar-refractivity contribution is 6.12. The van der Waals surface area contributed by atoms with E-state index < -0.39 is 23.2 Å². The van der Waals surface area contributed by atoms with Gasteiger partial charge in [-0.05, 0) is 53.9 Å². The lowest BCUT2D eigenvalue weighted by molar-refractivity contribution is -0.137. The van der Waals surface area contributed by atoms with E-state index in [1.807, 2.05) is 24.3 Å². The molecule has 0 bridgehead atoms. The molecule has 0 atom stereocenters. The van der Waals surface area contributed by atoms with Gasteiger partial charge in [-0.15, -0.1) is 0 Å². The van der Waals surface area contributed by atoms with Crippen molar-refractivity contribution in [2.45, 2.75) is 6.18 Å². The van der Waals surface area contributed by atoms with E-state index in [9.17, 15) is 23.1 Å². The van der Waals surface area contributed by atoms with Crippen molar-refractivity contribution in [3.63, 3.8) is 0 Å². The zero-order valence-corrected chi connectivity index (χ0v) is 17.3. The quantitative estimate of drug-likeness (QED) is 0.418. The fraction of sp³-hybridized carbons (Fsp3) is 0.0385. The zero-order valence-electron chi connectivity index (χ0n) is 17.3. The maximum atomic E-state index is 13.4. The van der Waals surface area contributed by atoms with Crippen molar-refractivity contribution in [3.05, 3.63) is 111 Å². The van der Waals surface area contributed by atoms with Gasteiger partial charge in [0.15, 0.2) is 5.82 Å². The third kappa shape index (κ3) is 2.92. The second-order valence-corrected chi connectivity index (χ2v) is 7.94. The first kappa shape index (κ1) is 20.2. The summed E-state index contributed by atoms with van der Waals surface area (Å²) in [6, 6.07) is 20.2. The maximum absolute atomic E-state index is 13.4. The summed E-state index contributed by atoms with van der Waals surface area (Å²) < 4.78 is 40.7. The molecule has 2 heterocycles. The van der Waals surface area contributed by atoms with Gasteiger partial charge in [-0.2, -0.15) is 13.2 Å². The Morgan fingerprint density at radius 2 is 1.44 bits per heavy atom. The molecular weight excluding hydrogens is 443 g/mol. The van der Waals surface area contributed by atoms with Gasteiger partial charge in [0.25, 0.3) is 5.56 Å². The molecule has 0 aliphatic carbocycles. The Morgan fingerprint density at radius 3 is 2.15 bits per heavy atom. The fourth-order valence-corrected chi connectivity index (χ4v) is 4.39. The van der Waals surface area contributed by atoms with E-state index in [0.717, 1.165) is 27.4 Å². The molecule has 5 nitrogen and oxygen atoms in total. The van der Waals surface area contributed by atoms with Gasteiger partial charge in [-0.3, -0.25) is 4.79 Å². The molecule has 0 saturated heterocycles. The molecule has 1 aromatic heterocycles. The number of fused-ring (bicyclic) bond motifs is 1. The second kappa shape index (κ2) is 7.02. The normalized spacial score (nSPS) is 13.2. The number of rotatable bonds is 1. The number of halogens is 3. The third-order valence-electron chi connectivity index (χ3n) is 5.93. The van der Waals surface area contributed by atoms with Crippen LogP contribution in [0, 0.1) is 0 Å². The van der Waals surface area contributed by atoms with Crippen LogP contribution in [0.1, 0.15) is 5.56 Å². The van der Waals surface area contributed by atoms with E-state index in [0.29, 0.717) is 27.2 Å². The largest absolute Gasteiger partial charge is 0.494 e. The molecule has 5 aromatic rings. The standard InChI is InChI=1S/C26H14F3N3O2/c27-26(28,29)14-5-3-6-15(13-14)32-24(33)18-8-4-7-16-17(11-12-19(22(16)18)25(32)34)23-30-20-9-1-2-10-21(20)31-23/h1-13,33H. The molecule has 0 fully saturated rings. The summed E-state index contributed by atoms with van der Waals surface area (Å²) in [5.74, 6) is 0.0466. The topological polar surface area (TPSA) is 66.9 Å². The molecule has 0 saturated carbocycles. The van der Waals surface area contributed by atoms with Crippen LogP contribution in [0.2, 0.25) is 0 Å². The average molecular weight is 457 g/mol. The van der Waals surface area contributed by atoms with Crippen molar-refractivity contribution in [1.29, 1.82) is 0 Å². The van der Waals surface area contributed by atoms with Crippen LogP contribution in [0.3, 0.4) is 0 Å². The van der Waals surface area contributed by atoms with Crippen molar-refractivity contribution >= 4 is 27.4 Å². The molecular formula is C26H14F3N3O2. The summed E-state index contributed by atoms with van der Waals surface area (Å²) >= 11 is 0. The molecule has 0 spiro atoms. The van der Waals surface area contributed by atoms with E-state index >= 15 is 0 Å². The minimum atomic E-state index is -4.58. The zero-order chi connectivity index (χ0) is 23.6. The smallest absolute Gasteiger partial charge is 0.416 e. The van der Waals surface area contributed by atoms with Gasteiger partial charge in [-0.1, -0.05) is 30.3 Å². The summed E-state index contributed by atoms with van der Waals surface area (Å²) in [5, 5.41) is 15.0. The molecule has 4 aromatic carbocycles. The molecule has 1 aliphatic rings. The molecule has 0 unspecified atom stereocenters. The van der Waals surface area contributed by atoms with Crippen LogP contribution in [0.15, 0.2) is 93.6 Å². The number of nitrogens with zero attached hydrogens (tertiary/aromatic N) is 3. The number of benzene rings is 4. The minimum absolute atomic E-state index is 0.0744. The lowest BCUT2D eigenvalue weighted by Gasteiger charge is -2.15. The van der Waals surface area contributed by atoms with Crippen LogP contribution >= 0.6 is 0 Å². The monoisotopic (exact) mass is 457 g/mol. The van der Waals surface area contributed by atoms with Crippen LogP contribution < -0.4 is 21.5 Å². The van der Waals surface area contributed by atoms with Gasteiger partial charge in [0, 0.05) is 21.4 Å². The predicted molar refractivity (Wildman–Crippen MR) is 121 cm³/mol. The van der Waals surface area contributed by atoms with Gasteiger partial charge in [0.2, 0.25) is 5.88 Å². The SMILES string of the molecule is O=c1c2ccc(=C3N=c4ccccc4=N3)c3cccc(c(O)n1-c1cccc(C(F)(F)F)c1)c32. The molecule has 166 valence electrons. The molecule has 0 radical (unpaired) electrons. The fourth-order valence-electron chi connectivity index (χ4n) is 4.39. The third-order valence-corrected chi connectivity index (χ3v) is 5.93. The van der Waals surface area contributed by atoms with Crippen LogP contribution in [0.25, 0.3) is 33.1 Å². The summed E-state index contributed by atoms with van der Waals surface area (Å²) in [6.07, 6.45) is -4.58. The van der Waals surface area contributed by atoms with E-state index in [4.69, 9.17) is 0 Å². The van der Waals surface area contributed by atoms with Crippen molar-refractivity contribution in [1.82, 2.24) is 4.57 Å². The first-order chi connectivity index (χ1) is 16.3. The highest BCUT2D eigenvalue weighted by Gasteiger charge is 2.31.